The molecule has 1 aromatic carbocycles. The van der Waals surface area contributed by atoms with E-state index in [9.17, 15) is 4.79 Å². The smallest absolute Gasteiger partial charge is 0.248 e. The third-order valence-electron chi connectivity index (χ3n) is 5.20. The topological polar surface area (TPSA) is 42.0 Å². The van der Waals surface area contributed by atoms with Crippen molar-refractivity contribution in [3.8, 4) is 0 Å². The molecule has 0 unspecified atom stereocenters. The zero-order valence-corrected chi connectivity index (χ0v) is 14.0. The molecule has 3 rings (SSSR count). The molecule has 2 saturated heterocycles. The second-order valence-electron chi connectivity index (χ2n) is 6.61. The van der Waals surface area contributed by atoms with Gasteiger partial charge in [0.05, 0.1) is 18.2 Å². The van der Waals surface area contributed by atoms with Gasteiger partial charge in [-0.15, -0.1) is 0 Å². The van der Waals surface area contributed by atoms with Gasteiger partial charge in [-0.05, 0) is 31.4 Å². The number of benzene rings is 1. The molecule has 0 aromatic heterocycles. The maximum atomic E-state index is 11.9. The number of methoxy groups -OCH3 is 1. The lowest BCUT2D eigenvalue weighted by atomic mass is 9.87. The van der Waals surface area contributed by atoms with Crippen LogP contribution in [0.5, 0.6) is 0 Å². The molecule has 0 N–H and O–H groups in total. The first-order valence-electron chi connectivity index (χ1n) is 8.32. The number of rotatable bonds is 4. The Hall–Kier alpha value is -1.59. The first-order valence-corrected chi connectivity index (χ1v) is 8.32. The molecule has 0 bridgehead atoms. The van der Waals surface area contributed by atoms with E-state index >= 15 is 0 Å². The molecule has 0 aliphatic carbocycles. The molecule has 23 heavy (non-hydrogen) atoms. The van der Waals surface area contributed by atoms with Crippen molar-refractivity contribution in [3.05, 3.63) is 30.3 Å². The second-order valence-corrected chi connectivity index (χ2v) is 6.61. The highest BCUT2D eigenvalue weighted by atomic mass is 16.5. The van der Waals surface area contributed by atoms with Crippen LogP contribution in [0.2, 0.25) is 0 Å². The Kier molecular flexibility index (Phi) is 4.87. The van der Waals surface area contributed by atoms with Crippen molar-refractivity contribution in [2.24, 2.45) is 0 Å². The van der Waals surface area contributed by atoms with Crippen molar-refractivity contribution in [1.29, 1.82) is 0 Å². The van der Waals surface area contributed by atoms with Crippen molar-refractivity contribution in [2.75, 3.05) is 45.4 Å². The molecule has 5 nitrogen and oxygen atoms in total. The van der Waals surface area contributed by atoms with Crippen LogP contribution < -0.4 is 4.90 Å². The molecule has 1 atom stereocenters. The van der Waals surface area contributed by atoms with Crippen LogP contribution in [0.3, 0.4) is 0 Å². The number of hydrogen-bond donors (Lipinski definition) is 0. The lowest BCUT2D eigenvalue weighted by molar-refractivity contribution is -0.139. The number of carbonyl (C=O) groups excluding carboxylic acids is 1. The van der Waals surface area contributed by atoms with E-state index in [4.69, 9.17) is 9.47 Å². The Bertz CT molecular complexity index is 526. The Morgan fingerprint density at radius 1 is 1.35 bits per heavy atom. The Morgan fingerprint density at radius 2 is 2.04 bits per heavy atom. The molecule has 2 heterocycles. The zero-order chi connectivity index (χ0) is 16.3. The lowest BCUT2D eigenvalue weighted by Gasteiger charge is -2.39. The van der Waals surface area contributed by atoms with E-state index in [1.807, 2.05) is 11.0 Å². The minimum atomic E-state index is -0.0580. The Morgan fingerprint density at radius 3 is 2.70 bits per heavy atom. The number of ether oxygens (including phenoxy) is 2. The summed E-state index contributed by atoms with van der Waals surface area (Å²) in [5.74, 6) is 0.0818. The van der Waals surface area contributed by atoms with Crippen LogP contribution in [0.15, 0.2) is 30.3 Å². The average Bonchev–Trinajstić information content (AvgIpc) is 2.99. The second kappa shape index (κ2) is 6.89. The van der Waals surface area contributed by atoms with Crippen LogP contribution in [0.1, 0.15) is 19.3 Å². The lowest BCUT2D eigenvalue weighted by Crippen LogP contribution is -2.47. The van der Waals surface area contributed by atoms with E-state index in [1.54, 1.807) is 7.11 Å². The highest BCUT2D eigenvalue weighted by molar-refractivity contribution is 5.77. The van der Waals surface area contributed by atoms with Crippen molar-refractivity contribution in [2.45, 2.75) is 30.9 Å². The summed E-state index contributed by atoms with van der Waals surface area (Å²) in [5, 5.41) is 0. The maximum Gasteiger partial charge on any atom is 0.248 e. The standard InChI is InChI=1S/C18H26N2O3/c1-19(15-6-4-3-5-7-15)16-12-18(23-13-16)8-10-20(11-9-18)17(21)14-22-2/h3-7,16H,8-14H2,1-2H3/t16-/m0/s1. The van der Waals surface area contributed by atoms with E-state index in [1.165, 1.54) is 5.69 Å². The van der Waals surface area contributed by atoms with E-state index in [2.05, 4.69) is 36.2 Å². The molecule has 2 aliphatic heterocycles. The van der Waals surface area contributed by atoms with E-state index in [0.29, 0.717) is 6.04 Å². The Balaban J connectivity index is 1.57. The van der Waals surface area contributed by atoms with Gasteiger partial charge < -0.3 is 19.3 Å². The van der Waals surface area contributed by atoms with Crippen LogP contribution in [0, 0.1) is 0 Å². The number of anilines is 1. The van der Waals surface area contributed by atoms with Crippen molar-refractivity contribution in [1.82, 2.24) is 4.90 Å². The molecule has 2 fully saturated rings. The molecule has 2 aliphatic rings. The number of carbonyl (C=O) groups is 1. The highest BCUT2D eigenvalue weighted by Crippen LogP contribution is 2.38. The summed E-state index contributed by atoms with van der Waals surface area (Å²) in [6, 6.07) is 10.8. The third kappa shape index (κ3) is 3.51. The summed E-state index contributed by atoms with van der Waals surface area (Å²) in [6.07, 6.45) is 2.87. The highest BCUT2D eigenvalue weighted by Gasteiger charge is 2.44. The zero-order valence-electron chi connectivity index (χ0n) is 14.0. The van der Waals surface area contributed by atoms with Crippen molar-refractivity contribution >= 4 is 11.6 Å². The fourth-order valence-electron chi connectivity index (χ4n) is 3.67. The first kappa shape index (κ1) is 16.3. The summed E-state index contributed by atoms with van der Waals surface area (Å²) >= 11 is 0. The molecule has 1 amide bonds. The minimum Gasteiger partial charge on any atom is -0.375 e. The van der Waals surface area contributed by atoms with Gasteiger partial charge in [0.2, 0.25) is 5.91 Å². The van der Waals surface area contributed by atoms with Gasteiger partial charge >= 0.3 is 0 Å². The number of piperidine rings is 1. The number of para-hydroxylation sites is 1. The third-order valence-corrected chi connectivity index (χ3v) is 5.20. The van der Waals surface area contributed by atoms with Gasteiger partial charge in [-0.1, -0.05) is 18.2 Å². The normalized spacial score (nSPS) is 23.2. The van der Waals surface area contributed by atoms with E-state index in [0.717, 1.165) is 39.0 Å². The van der Waals surface area contributed by atoms with Crippen molar-refractivity contribution in [3.63, 3.8) is 0 Å². The Labute approximate surface area is 138 Å². The molecule has 1 aromatic rings. The summed E-state index contributed by atoms with van der Waals surface area (Å²) in [4.78, 5) is 16.1. The van der Waals surface area contributed by atoms with E-state index in [-0.39, 0.29) is 18.1 Å². The van der Waals surface area contributed by atoms with E-state index < -0.39 is 0 Å². The van der Waals surface area contributed by atoms with Gasteiger partial charge in [0, 0.05) is 32.9 Å². The number of amides is 1. The SMILES string of the molecule is COCC(=O)N1CCC2(CC1)C[C@H](N(C)c1ccccc1)CO2. The molecule has 126 valence electrons. The van der Waals surface area contributed by atoms with Crippen LogP contribution in [-0.4, -0.2) is 62.9 Å². The fourth-order valence-corrected chi connectivity index (χ4v) is 3.67. The summed E-state index contributed by atoms with van der Waals surface area (Å²) in [6.45, 7) is 2.47. The van der Waals surface area contributed by atoms with Crippen LogP contribution in [0.25, 0.3) is 0 Å². The van der Waals surface area contributed by atoms with Gasteiger partial charge in [-0.2, -0.15) is 0 Å². The molecule has 1 spiro atoms. The molecule has 5 heteroatoms. The maximum absolute atomic E-state index is 11.9. The quantitative estimate of drug-likeness (QED) is 0.850. The van der Waals surface area contributed by atoms with Crippen molar-refractivity contribution < 1.29 is 14.3 Å². The predicted octanol–water partition coefficient (Wildman–Crippen LogP) is 1.92. The summed E-state index contributed by atoms with van der Waals surface area (Å²) in [5.41, 5.74) is 1.17. The van der Waals surface area contributed by atoms with Gasteiger partial charge in [0.25, 0.3) is 0 Å². The van der Waals surface area contributed by atoms with Crippen LogP contribution in [-0.2, 0) is 14.3 Å². The van der Waals surface area contributed by atoms with Gasteiger partial charge in [-0.3, -0.25) is 4.79 Å². The number of likely N-dealkylation sites (N-methyl/N-ethyl adjacent to an activating group) is 1. The number of likely N-dealkylation sites (tertiary alicyclic amines) is 1. The minimum absolute atomic E-state index is 0.0580. The van der Waals surface area contributed by atoms with Gasteiger partial charge in [-0.25, -0.2) is 0 Å². The predicted molar refractivity (Wildman–Crippen MR) is 89.6 cm³/mol. The summed E-state index contributed by atoms with van der Waals surface area (Å²) in [7, 11) is 3.70. The average molecular weight is 318 g/mol. The molecular weight excluding hydrogens is 292 g/mol. The molecule has 0 saturated carbocycles. The first-order chi connectivity index (χ1) is 11.1. The fraction of sp³-hybridized carbons (Fsp3) is 0.611. The van der Waals surface area contributed by atoms with Crippen LogP contribution >= 0.6 is 0 Å². The number of hydrogen-bond acceptors (Lipinski definition) is 4. The van der Waals surface area contributed by atoms with Gasteiger partial charge in [0.1, 0.15) is 6.61 Å². The molecule has 0 radical (unpaired) electrons. The largest absolute Gasteiger partial charge is 0.375 e. The monoisotopic (exact) mass is 318 g/mol. The van der Waals surface area contributed by atoms with Crippen LogP contribution in [0.4, 0.5) is 5.69 Å². The summed E-state index contributed by atoms with van der Waals surface area (Å²) < 4.78 is 11.2. The molecular formula is C18H26N2O3. The van der Waals surface area contributed by atoms with Gasteiger partial charge in [0.15, 0.2) is 0 Å². The number of nitrogens with zero attached hydrogens (tertiary/aromatic N) is 2.